The standard InChI is InChI=1S/C27H21Cl2N3O5/c1-2-14-37-27(36)17-8-12-20(13-9-17)31-24(33)16-6-10-19(11-7-16)30-23-22(29)25(34)32(26(23)35)21-5-3-4-18(28)15-21/h3-13,15,30H,2,14H2,1H3,(H,31,33). The Morgan fingerprint density at radius 1 is 0.865 bits per heavy atom. The molecule has 0 saturated heterocycles. The zero-order chi connectivity index (χ0) is 26.5. The highest BCUT2D eigenvalue weighted by atomic mass is 35.5. The van der Waals surface area contributed by atoms with Gasteiger partial charge in [0, 0.05) is 22.0 Å². The summed E-state index contributed by atoms with van der Waals surface area (Å²) < 4.78 is 5.09. The minimum absolute atomic E-state index is 0.0820. The van der Waals surface area contributed by atoms with Crippen molar-refractivity contribution in [2.24, 2.45) is 0 Å². The summed E-state index contributed by atoms with van der Waals surface area (Å²) in [6, 6.07) is 19.0. The molecule has 0 bridgehead atoms. The topological polar surface area (TPSA) is 105 Å². The van der Waals surface area contributed by atoms with Gasteiger partial charge in [-0.25, -0.2) is 9.69 Å². The Morgan fingerprint density at radius 3 is 2.16 bits per heavy atom. The molecule has 8 nitrogen and oxygen atoms in total. The van der Waals surface area contributed by atoms with Crippen molar-refractivity contribution in [1.29, 1.82) is 0 Å². The summed E-state index contributed by atoms with van der Waals surface area (Å²) in [4.78, 5) is 51.0. The number of nitrogens with zero attached hydrogens (tertiary/aromatic N) is 1. The second-order valence-corrected chi connectivity index (χ2v) is 8.80. The third-order valence-electron chi connectivity index (χ3n) is 5.33. The van der Waals surface area contributed by atoms with Crippen LogP contribution in [0.3, 0.4) is 0 Å². The molecule has 4 rings (SSSR count). The maximum absolute atomic E-state index is 12.9. The minimum Gasteiger partial charge on any atom is -0.462 e. The van der Waals surface area contributed by atoms with Gasteiger partial charge in [-0.05, 0) is 73.2 Å². The van der Waals surface area contributed by atoms with Crippen LogP contribution < -0.4 is 15.5 Å². The molecule has 0 aromatic heterocycles. The number of rotatable bonds is 8. The smallest absolute Gasteiger partial charge is 0.338 e. The van der Waals surface area contributed by atoms with Gasteiger partial charge in [-0.15, -0.1) is 0 Å². The van der Waals surface area contributed by atoms with Crippen molar-refractivity contribution in [2.45, 2.75) is 13.3 Å². The lowest BCUT2D eigenvalue weighted by Crippen LogP contribution is -2.32. The summed E-state index contributed by atoms with van der Waals surface area (Å²) in [5.41, 5.74) is 1.92. The van der Waals surface area contributed by atoms with Gasteiger partial charge >= 0.3 is 5.97 Å². The summed E-state index contributed by atoms with van der Waals surface area (Å²) in [5, 5.41) is 5.72. The van der Waals surface area contributed by atoms with E-state index in [1.807, 2.05) is 6.92 Å². The zero-order valence-electron chi connectivity index (χ0n) is 19.6. The molecule has 3 aromatic carbocycles. The molecule has 0 aliphatic carbocycles. The largest absolute Gasteiger partial charge is 0.462 e. The molecule has 3 aromatic rings. The molecule has 3 amide bonds. The van der Waals surface area contributed by atoms with Crippen LogP contribution >= 0.6 is 23.2 Å². The van der Waals surface area contributed by atoms with Gasteiger partial charge in [-0.1, -0.05) is 36.2 Å². The van der Waals surface area contributed by atoms with Crippen molar-refractivity contribution in [3.63, 3.8) is 0 Å². The van der Waals surface area contributed by atoms with E-state index in [1.165, 1.54) is 6.07 Å². The van der Waals surface area contributed by atoms with Crippen molar-refractivity contribution in [3.05, 3.63) is 99.7 Å². The van der Waals surface area contributed by atoms with Crippen LogP contribution in [0.25, 0.3) is 0 Å². The quantitative estimate of drug-likeness (QED) is 0.286. The van der Waals surface area contributed by atoms with Gasteiger partial charge in [-0.2, -0.15) is 0 Å². The number of imide groups is 1. The predicted octanol–water partition coefficient (Wildman–Crippen LogP) is 5.59. The van der Waals surface area contributed by atoms with Crippen LogP contribution in [0.1, 0.15) is 34.1 Å². The molecule has 37 heavy (non-hydrogen) atoms. The van der Waals surface area contributed by atoms with Gasteiger partial charge in [0.05, 0.1) is 17.9 Å². The average Bonchev–Trinajstić information content (AvgIpc) is 3.11. The van der Waals surface area contributed by atoms with Crippen LogP contribution in [-0.4, -0.2) is 30.3 Å². The number of hydrogen-bond acceptors (Lipinski definition) is 6. The number of carbonyl (C=O) groups is 4. The van der Waals surface area contributed by atoms with E-state index in [1.54, 1.807) is 66.7 Å². The van der Waals surface area contributed by atoms with Gasteiger partial charge in [-0.3, -0.25) is 14.4 Å². The van der Waals surface area contributed by atoms with Gasteiger partial charge in [0.2, 0.25) is 0 Å². The van der Waals surface area contributed by atoms with Crippen LogP contribution in [0.2, 0.25) is 5.02 Å². The number of anilines is 3. The second kappa shape index (κ2) is 11.3. The molecule has 2 N–H and O–H groups in total. The third-order valence-corrected chi connectivity index (χ3v) is 5.91. The Kier molecular flexibility index (Phi) is 7.91. The lowest BCUT2D eigenvalue weighted by molar-refractivity contribution is -0.120. The van der Waals surface area contributed by atoms with Crippen LogP contribution in [-0.2, 0) is 14.3 Å². The highest BCUT2D eigenvalue weighted by Gasteiger charge is 2.39. The monoisotopic (exact) mass is 537 g/mol. The number of nitrogens with one attached hydrogen (secondary N) is 2. The Hall–Kier alpha value is -4.14. The highest BCUT2D eigenvalue weighted by molar-refractivity contribution is 6.53. The molecule has 10 heteroatoms. The number of benzene rings is 3. The van der Waals surface area contributed by atoms with E-state index in [0.29, 0.717) is 39.8 Å². The first-order valence-corrected chi connectivity index (χ1v) is 12.0. The zero-order valence-corrected chi connectivity index (χ0v) is 21.1. The summed E-state index contributed by atoms with van der Waals surface area (Å²) in [6.07, 6.45) is 0.731. The molecule has 0 saturated carbocycles. The minimum atomic E-state index is -0.669. The van der Waals surface area contributed by atoms with Crippen LogP contribution in [0, 0.1) is 0 Å². The van der Waals surface area contributed by atoms with Crippen molar-refractivity contribution in [3.8, 4) is 0 Å². The number of ether oxygens (including phenoxy) is 1. The van der Waals surface area contributed by atoms with Crippen molar-refractivity contribution in [2.75, 3.05) is 22.1 Å². The Balaban J connectivity index is 1.40. The maximum Gasteiger partial charge on any atom is 0.338 e. The molecule has 0 atom stereocenters. The number of hydrogen-bond donors (Lipinski definition) is 2. The summed E-state index contributed by atoms with van der Waals surface area (Å²) >= 11 is 12.2. The van der Waals surface area contributed by atoms with E-state index in [0.717, 1.165) is 11.3 Å². The van der Waals surface area contributed by atoms with Gasteiger partial charge < -0.3 is 15.4 Å². The summed E-state index contributed by atoms with van der Waals surface area (Å²) in [7, 11) is 0. The van der Waals surface area contributed by atoms with Gasteiger partial charge in [0.1, 0.15) is 10.7 Å². The number of amides is 3. The van der Waals surface area contributed by atoms with Crippen LogP contribution in [0.4, 0.5) is 17.1 Å². The summed E-state index contributed by atoms with van der Waals surface area (Å²) in [6.45, 7) is 2.25. The SMILES string of the molecule is CCCOC(=O)c1ccc(NC(=O)c2ccc(NC3=C(Cl)C(=O)N(c4cccc(Cl)c4)C3=O)cc2)cc1. The van der Waals surface area contributed by atoms with Gasteiger partial charge in [0.15, 0.2) is 0 Å². The molecule has 0 fully saturated rings. The first-order valence-electron chi connectivity index (χ1n) is 11.3. The fourth-order valence-electron chi connectivity index (χ4n) is 3.48. The lowest BCUT2D eigenvalue weighted by atomic mass is 10.1. The normalized spacial score (nSPS) is 13.1. The lowest BCUT2D eigenvalue weighted by Gasteiger charge is -2.15. The number of halogens is 2. The van der Waals surface area contributed by atoms with E-state index in [-0.39, 0.29) is 16.6 Å². The number of esters is 1. The van der Waals surface area contributed by atoms with E-state index in [2.05, 4.69) is 10.6 Å². The molecule has 188 valence electrons. The van der Waals surface area contributed by atoms with Crippen LogP contribution in [0.15, 0.2) is 83.5 Å². The van der Waals surface area contributed by atoms with E-state index < -0.39 is 17.8 Å². The second-order valence-electron chi connectivity index (χ2n) is 7.98. The van der Waals surface area contributed by atoms with Crippen molar-refractivity contribution >= 4 is 64.0 Å². The predicted molar refractivity (Wildman–Crippen MR) is 142 cm³/mol. The molecule has 1 aliphatic heterocycles. The average molecular weight is 538 g/mol. The highest BCUT2D eigenvalue weighted by Crippen LogP contribution is 2.31. The first kappa shape index (κ1) is 25.9. The molecule has 1 aliphatic rings. The van der Waals surface area contributed by atoms with E-state index in [4.69, 9.17) is 27.9 Å². The maximum atomic E-state index is 12.9. The fraction of sp³-hybridized carbons (Fsp3) is 0.111. The molecular formula is C27H21Cl2N3O5. The van der Waals surface area contributed by atoms with E-state index in [9.17, 15) is 19.2 Å². The Labute approximate surface area is 222 Å². The third kappa shape index (κ3) is 5.82. The molecular weight excluding hydrogens is 517 g/mol. The fourth-order valence-corrected chi connectivity index (χ4v) is 3.88. The van der Waals surface area contributed by atoms with Crippen molar-refractivity contribution in [1.82, 2.24) is 0 Å². The van der Waals surface area contributed by atoms with Gasteiger partial charge in [0.25, 0.3) is 17.7 Å². The first-order chi connectivity index (χ1) is 17.8. The van der Waals surface area contributed by atoms with Crippen LogP contribution in [0.5, 0.6) is 0 Å². The van der Waals surface area contributed by atoms with E-state index >= 15 is 0 Å². The van der Waals surface area contributed by atoms with Crippen molar-refractivity contribution < 1.29 is 23.9 Å². The Morgan fingerprint density at radius 2 is 1.51 bits per heavy atom. The molecule has 0 spiro atoms. The number of carbonyl (C=O) groups excluding carboxylic acids is 4. The molecule has 0 unspecified atom stereocenters. The Bertz CT molecular complexity index is 1400. The molecule has 1 heterocycles. The molecule has 0 radical (unpaired) electrons. The summed E-state index contributed by atoms with van der Waals surface area (Å²) in [5.74, 6) is -2.08.